The van der Waals surface area contributed by atoms with E-state index in [9.17, 15) is 28.0 Å². The number of carbonyl (C=O) groups excluding carboxylic acids is 4. The number of methoxy groups -OCH3 is 2. The summed E-state index contributed by atoms with van der Waals surface area (Å²) in [7, 11) is 2.30. The van der Waals surface area contributed by atoms with E-state index in [-0.39, 0.29) is 42.1 Å². The number of ether oxygens (including phenoxy) is 2. The van der Waals surface area contributed by atoms with Crippen LogP contribution < -0.4 is 0 Å². The first-order chi connectivity index (χ1) is 19.5. The smallest absolute Gasteiger partial charge is 0.441 e. The molecule has 2 aromatic rings. The van der Waals surface area contributed by atoms with Crippen LogP contribution in [0.2, 0.25) is 0 Å². The number of benzene rings is 2. The van der Waals surface area contributed by atoms with Gasteiger partial charge in [-0.15, -0.1) is 36.4 Å². The highest BCUT2D eigenvalue weighted by Crippen LogP contribution is 2.23. The molecule has 0 spiro atoms. The maximum absolute atomic E-state index is 13.2. The second-order valence-corrected chi connectivity index (χ2v) is 8.77. The van der Waals surface area contributed by atoms with Gasteiger partial charge in [0.15, 0.2) is 0 Å². The molecule has 0 N–H and O–H groups in total. The van der Waals surface area contributed by atoms with Crippen LogP contribution in [0, 0.1) is 11.6 Å². The number of alkyl halides is 2. The summed E-state index contributed by atoms with van der Waals surface area (Å²) in [5.41, 5.74) is 9.19. The highest BCUT2D eigenvalue weighted by Gasteiger charge is 2.32. The topological polar surface area (TPSA) is 123 Å². The lowest BCUT2D eigenvalue weighted by molar-refractivity contribution is -0.143. The van der Waals surface area contributed by atoms with Crippen molar-refractivity contribution in [3.8, 4) is 0 Å². The predicted octanol–water partition coefficient (Wildman–Crippen LogP) is 5.94. The fraction of sp³-hybridized carbons (Fsp3) is 0.276. The molecule has 2 atom stereocenters. The van der Waals surface area contributed by atoms with Crippen molar-refractivity contribution in [2.24, 2.45) is 0 Å². The Bertz CT molecular complexity index is 1270. The van der Waals surface area contributed by atoms with Crippen molar-refractivity contribution in [1.82, 2.24) is 0 Å². The Labute approximate surface area is 247 Å². The average Bonchev–Trinajstić information content (AvgIpc) is 2.95. The number of hydrogen-bond acceptors (Lipinski definition) is 6. The van der Waals surface area contributed by atoms with E-state index in [2.05, 4.69) is 27.4 Å². The fourth-order valence-electron chi connectivity index (χ4n) is 3.30. The molecule has 0 aliphatic rings. The summed E-state index contributed by atoms with van der Waals surface area (Å²) < 4.78 is 35.0. The maximum Gasteiger partial charge on any atom is 0.441 e. The Hall–Kier alpha value is -3.98. The number of nitrogens with zero attached hydrogens (tertiary/aromatic N) is 2. The van der Waals surface area contributed by atoms with Crippen molar-refractivity contribution in [3.05, 3.63) is 102 Å². The number of Topliss-reactive ketones (excluding diaryl/α,β-unsaturated/α-hetero) is 2. The van der Waals surface area contributed by atoms with Crippen molar-refractivity contribution in [3.63, 3.8) is 0 Å². The standard InChI is InChI=1S/C14H13FN2O3.C14H15FO3.CH2Cl2/c1-3-9(10-5-4-6-11(15)7-10)8-12(18)13(17-16)14(19)20-2;1-3-10(8-13(16)9-14(17)18-2)11-5-4-6-12(15)7-11;2-1-3/h3-7,9H,1,8H2,2H3;3-7,10H,1,8-9H2,2H3;1H2/t9-;10-;/m11./s1. The van der Waals surface area contributed by atoms with Gasteiger partial charge in [-0.25, -0.2) is 13.6 Å². The van der Waals surface area contributed by atoms with E-state index in [0.717, 1.165) is 7.11 Å². The van der Waals surface area contributed by atoms with Gasteiger partial charge in [-0.05, 0) is 35.4 Å². The van der Waals surface area contributed by atoms with E-state index >= 15 is 0 Å². The Morgan fingerprint density at radius 3 is 1.73 bits per heavy atom. The second kappa shape index (κ2) is 20.9. The van der Waals surface area contributed by atoms with Gasteiger partial charge in [0.05, 0.1) is 19.6 Å². The molecule has 41 heavy (non-hydrogen) atoms. The minimum absolute atomic E-state index is 0.113. The predicted molar refractivity (Wildman–Crippen MR) is 152 cm³/mol. The normalized spacial score (nSPS) is 11.0. The van der Waals surface area contributed by atoms with Crippen molar-refractivity contribution in [2.45, 2.75) is 31.1 Å². The molecule has 12 heteroatoms. The lowest BCUT2D eigenvalue weighted by Gasteiger charge is -2.11. The molecule has 2 aromatic carbocycles. The van der Waals surface area contributed by atoms with Crippen LogP contribution in [0.1, 0.15) is 42.2 Å². The maximum atomic E-state index is 13.2. The Morgan fingerprint density at radius 1 is 0.902 bits per heavy atom. The van der Waals surface area contributed by atoms with Crippen LogP contribution in [0.5, 0.6) is 0 Å². The lowest BCUT2D eigenvalue weighted by Crippen LogP contribution is -2.27. The molecule has 2 rings (SSSR count). The molecule has 0 fully saturated rings. The molecular formula is C29H30Cl2F2N2O6. The Balaban J connectivity index is 0.000000715. The van der Waals surface area contributed by atoms with Crippen molar-refractivity contribution < 1.29 is 42.2 Å². The number of ketones is 2. The molecule has 0 amide bonds. The summed E-state index contributed by atoms with van der Waals surface area (Å²) >= 11 is 9.53. The van der Waals surface area contributed by atoms with Crippen molar-refractivity contribution >= 4 is 52.4 Å². The lowest BCUT2D eigenvalue weighted by atomic mass is 9.92. The van der Waals surface area contributed by atoms with Crippen LogP contribution in [0.4, 0.5) is 8.78 Å². The molecule has 0 saturated carbocycles. The van der Waals surface area contributed by atoms with Crippen molar-refractivity contribution in [1.29, 1.82) is 0 Å². The molecule has 0 bridgehead atoms. The molecule has 0 aromatic heterocycles. The first-order valence-corrected chi connectivity index (χ1v) is 12.9. The third-order valence-corrected chi connectivity index (χ3v) is 5.29. The molecular weight excluding hydrogens is 581 g/mol. The van der Waals surface area contributed by atoms with E-state index < -0.39 is 35.2 Å². The highest BCUT2D eigenvalue weighted by molar-refractivity contribution is 6.62. The SMILES string of the molecule is C=C[C@H](CC(=O)C(=[N+]=[N-])C(=O)OC)c1cccc(F)c1.C=C[C@H](CC(=O)CC(=O)OC)c1cccc(F)c1.ClCCl. The quantitative estimate of drug-likeness (QED) is 0.0557. The first kappa shape index (κ1) is 37.0. The fourth-order valence-corrected chi connectivity index (χ4v) is 3.30. The van der Waals surface area contributed by atoms with Gasteiger partial charge < -0.3 is 15.0 Å². The monoisotopic (exact) mass is 610 g/mol. The van der Waals surface area contributed by atoms with E-state index in [1.165, 1.54) is 43.5 Å². The van der Waals surface area contributed by atoms with Gasteiger partial charge in [-0.1, -0.05) is 36.4 Å². The molecule has 0 unspecified atom stereocenters. The van der Waals surface area contributed by atoms with Crippen LogP contribution in [0.25, 0.3) is 5.53 Å². The molecule has 0 heterocycles. The van der Waals surface area contributed by atoms with Crippen LogP contribution in [-0.4, -0.2) is 53.6 Å². The number of halogens is 4. The minimum atomic E-state index is -1.03. The molecule has 220 valence electrons. The molecule has 0 aliphatic heterocycles. The molecule has 8 nitrogen and oxygen atoms in total. The third kappa shape index (κ3) is 14.3. The van der Waals surface area contributed by atoms with E-state index in [4.69, 9.17) is 28.7 Å². The third-order valence-electron chi connectivity index (χ3n) is 5.29. The molecule has 0 radical (unpaired) electrons. The zero-order valence-electron chi connectivity index (χ0n) is 22.5. The zero-order valence-corrected chi connectivity index (χ0v) is 24.0. The summed E-state index contributed by atoms with van der Waals surface area (Å²) in [6.45, 7) is 7.21. The van der Waals surface area contributed by atoms with Gasteiger partial charge >= 0.3 is 17.7 Å². The molecule has 0 saturated heterocycles. The largest absolute Gasteiger partial charge is 0.469 e. The van der Waals surface area contributed by atoms with Crippen LogP contribution in [0.15, 0.2) is 73.8 Å². The van der Waals surface area contributed by atoms with Crippen molar-refractivity contribution in [2.75, 3.05) is 19.6 Å². The van der Waals surface area contributed by atoms with E-state index in [1.807, 2.05) is 0 Å². The van der Waals surface area contributed by atoms with Gasteiger partial charge in [0.25, 0.3) is 5.78 Å². The summed E-state index contributed by atoms with van der Waals surface area (Å²) in [5, 5.41) is 0.194. The number of allylic oxidation sites excluding steroid dienone is 2. The number of esters is 2. The van der Waals surface area contributed by atoms with Gasteiger partial charge in [-0.3, -0.25) is 14.4 Å². The number of carbonyl (C=O) groups is 4. The minimum Gasteiger partial charge on any atom is -0.469 e. The Morgan fingerprint density at radius 2 is 1.37 bits per heavy atom. The van der Waals surface area contributed by atoms with E-state index in [0.29, 0.717) is 11.1 Å². The van der Waals surface area contributed by atoms with Crippen LogP contribution >= 0.6 is 23.2 Å². The highest BCUT2D eigenvalue weighted by atomic mass is 35.5. The van der Waals surface area contributed by atoms with Crippen LogP contribution in [0.3, 0.4) is 0 Å². The summed E-state index contributed by atoms with van der Waals surface area (Å²) in [5.74, 6) is -4.16. The Kier molecular flexibility index (Phi) is 18.8. The zero-order chi connectivity index (χ0) is 31.4. The van der Waals surface area contributed by atoms with Crippen LogP contribution in [-0.2, 0) is 28.7 Å². The summed E-state index contributed by atoms with van der Waals surface area (Å²) in [6.07, 6.45) is 2.70. The van der Waals surface area contributed by atoms with E-state index in [1.54, 1.807) is 24.3 Å². The van der Waals surface area contributed by atoms with Gasteiger partial charge in [0.1, 0.15) is 23.8 Å². The van der Waals surface area contributed by atoms with Gasteiger partial charge in [-0.2, -0.15) is 4.79 Å². The molecule has 0 aliphatic carbocycles. The number of hydrogen-bond donors (Lipinski definition) is 0. The average molecular weight is 611 g/mol. The first-order valence-electron chi connectivity index (χ1n) is 11.8. The van der Waals surface area contributed by atoms with Gasteiger partial charge in [0.2, 0.25) is 0 Å². The summed E-state index contributed by atoms with van der Waals surface area (Å²) in [4.78, 5) is 48.3. The second-order valence-electron chi connectivity index (χ2n) is 7.96. The summed E-state index contributed by atoms with van der Waals surface area (Å²) in [6, 6.07) is 11.7. The number of rotatable bonds is 12. The van der Waals surface area contributed by atoms with Gasteiger partial charge in [0, 0.05) is 24.7 Å².